The third-order valence-electron chi connectivity index (χ3n) is 3.90. The molecule has 0 atom stereocenters. The molecule has 0 saturated heterocycles. The molecule has 3 aromatic rings. The molecule has 0 heterocycles. The Morgan fingerprint density at radius 1 is 0.952 bits per heavy atom. The molecule has 0 aliphatic carbocycles. The minimum atomic E-state index is -0.211. The van der Waals surface area contributed by atoms with Crippen molar-refractivity contribution in [3.63, 3.8) is 0 Å². The summed E-state index contributed by atoms with van der Waals surface area (Å²) in [4.78, 5) is 0. The quantitative estimate of drug-likeness (QED) is 0.718. The van der Waals surface area contributed by atoms with Crippen LogP contribution in [-0.4, -0.2) is 5.11 Å². The van der Waals surface area contributed by atoms with Gasteiger partial charge in [-0.1, -0.05) is 24.3 Å². The molecule has 3 rings (SSSR count). The smallest absolute Gasteiger partial charge is 0.123 e. The zero-order valence-corrected chi connectivity index (χ0v) is 12.2. The van der Waals surface area contributed by atoms with Gasteiger partial charge in [0.05, 0.1) is 6.61 Å². The summed E-state index contributed by atoms with van der Waals surface area (Å²) in [6, 6.07) is 15.2. The minimum absolute atomic E-state index is 0.00631. The summed E-state index contributed by atoms with van der Waals surface area (Å²) in [5.41, 5.74) is 4.77. The number of benzene rings is 3. The Morgan fingerprint density at radius 2 is 1.62 bits per heavy atom. The van der Waals surface area contributed by atoms with E-state index in [1.54, 1.807) is 12.1 Å². The molecule has 0 fully saturated rings. The lowest BCUT2D eigenvalue weighted by Crippen LogP contribution is -1.93. The van der Waals surface area contributed by atoms with E-state index in [1.807, 2.05) is 44.2 Å². The molecule has 0 radical (unpaired) electrons. The van der Waals surface area contributed by atoms with Gasteiger partial charge in [0.2, 0.25) is 0 Å². The number of hydrogen-bond donors (Lipinski definition) is 1. The lowest BCUT2D eigenvalue weighted by Gasteiger charge is -2.14. The van der Waals surface area contributed by atoms with Crippen LogP contribution in [0.5, 0.6) is 0 Å². The van der Waals surface area contributed by atoms with Crippen LogP contribution in [0.15, 0.2) is 48.5 Å². The number of halogens is 1. The zero-order valence-electron chi connectivity index (χ0n) is 12.2. The van der Waals surface area contributed by atoms with Crippen LogP contribution in [0.2, 0.25) is 0 Å². The highest BCUT2D eigenvalue weighted by molar-refractivity contribution is 5.91. The second kappa shape index (κ2) is 5.30. The molecule has 3 aromatic carbocycles. The SMILES string of the molecule is Cc1cc(F)cc(C)c1-c1cc(CO)c2ccccc2c1. The summed E-state index contributed by atoms with van der Waals surface area (Å²) < 4.78 is 13.5. The summed E-state index contributed by atoms with van der Waals surface area (Å²) in [5, 5.41) is 11.8. The first kappa shape index (κ1) is 13.8. The second-order valence-electron chi connectivity index (χ2n) is 5.43. The molecular formula is C19H17FO. The fourth-order valence-corrected chi connectivity index (χ4v) is 3.03. The Balaban J connectivity index is 2.31. The predicted molar refractivity (Wildman–Crippen MR) is 84.7 cm³/mol. The van der Waals surface area contributed by atoms with Crippen molar-refractivity contribution in [2.45, 2.75) is 20.5 Å². The van der Waals surface area contributed by atoms with Crippen LogP contribution >= 0.6 is 0 Å². The van der Waals surface area contributed by atoms with Gasteiger partial charge in [-0.2, -0.15) is 0 Å². The van der Waals surface area contributed by atoms with Crippen molar-refractivity contribution in [2.24, 2.45) is 0 Å². The average molecular weight is 280 g/mol. The molecular weight excluding hydrogens is 263 g/mol. The van der Waals surface area contributed by atoms with Gasteiger partial charge in [-0.15, -0.1) is 0 Å². The van der Waals surface area contributed by atoms with Crippen molar-refractivity contribution in [2.75, 3.05) is 0 Å². The summed E-state index contributed by atoms with van der Waals surface area (Å²) in [6.45, 7) is 3.83. The normalized spacial score (nSPS) is 11.0. The van der Waals surface area contributed by atoms with Gasteiger partial charge in [-0.05, 0) is 76.7 Å². The molecule has 0 bridgehead atoms. The van der Waals surface area contributed by atoms with Crippen molar-refractivity contribution < 1.29 is 9.50 Å². The van der Waals surface area contributed by atoms with Crippen molar-refractivity contribution >= 4 is 10.8 Å². The Morgan fingerprint density at radius 3 is 2.29 bits per heavy atom. The molecule has 0 spiro atoms. The van der Waals surface area contributed by atoms with Crippen LogP contribution in [0.25, 0.3) is 21.9 Å². The molecule has 0 saturated carbocycles. The van der Waals surface area contributed by atoms with Crippen molar-refractivity contribution in [3.8, 4) is 11.1 Å². The van der Waals surface area contributed by atoms with Gasteiger partial charge in [-0.3, -0.25) is 0 Å². The molecule has 0 aromatic heterocycles. The standard InChI is InChI=1S/C19H17FO/c1-12-7-17(20)8-13(2)19(12)15-9-14-5-3-4-6-18(14)16(10-15)11-21/h3-10,21H,11H2,1-2H3. The molecule has 0 unspecified atom stereocenters. The van der Waals surface area contributed by atoms with E-state index >= 15 is 0 Å². The fourth-order valence-electron chi connectivity index (χ4n) is 3.03. The summed E-state index contributed by atoms with van der Waals surface area (Å²) >= 11 is 0. The fraction of sp³-hybridized carbons (Fsp3) is 0.158. The maximum absolute atomic E-state index is 13.5. The van der Waals surface area contributed by atoms with E-state index in [9.17, 15) is 9.50 Å². The number of aryl methyl sites for hydroxylation is 2. The van der Waals surface area contributed by atoms with Crippen LogP contribution in [0.1, 0.15) is 16.7 Å². The van der Waals surface area contributed by atoms with Crippen molar-refractivity contribution in [3.05, 3.63) is 71.0 Å². The molecule has 21 heavy (non-hydrogen) atoms. The molecule has 0 aliphatic heterocycles. The minimum Gasteiger partial charge on any atom is -0.392 e. The van der Waals surface area contributed by atoms with Gasteiger partial charge < -0.3 is 5.11 Å². The van der Waals surface area contributed by atoms with Gasteiger partial charge in [0, 0.05) is 0 Å². The number of fused-ring (bicyclic) bond motifs is 1. The third-order valence-corrected chi connectivity index (χ3v) is 3.90. The third kappa shape index (κ3) is 2.43. The van der Waals surface area contributed by atoms with E-state index in [0.717, 1.165) is 38.6 Å². The summed E-state index contributed by atoms with van der Waals surface area (Å²) in [5.74, 6) is -0.211. The lowest BCUT2D eigenvalue weighted by atomic mass is 9.92. The van der Waals surface area contributed by atoms with E-state index in [2.05, 4.69) is 6.07 Å². The van der Waals surface area contributed by atoms with Crippen LogP contribution in [0.4, 0.5) is 4.39 Å². The highest BCUT2D eigenvalue weighted by atomic mass is 19.1. The largest absolute Gasteiger partial charge is 0.392 e. The first-order valence-electron chi connectivity index (χ1n) is 7.00. The van der Waals surface area contributed by atoms with E-state index in [-0.39, 0.29) is 12.4 Å². The Hall–Kier alpha value is -2.19. The summed E-state index contributed by atoms with van der Waals surface area (Å²) in [6.07, 6.45) is 0. The molecule has 1 N–H and O–H groups in total. The van der Waals surface area contributed by atoms with Crippen LogP contribution in [0, 0.1) is 19.7 Å². The highest BCUT2D eigenvalue weighted by Crippen LogP contribution is 2.32. The van der Waals surface area contributed by atoms with E-state index in [0.29, 0.717) is 0 Å². The van der Waals surface area contributed by atoms with Gasteiger partial charge >= 0.3 is 0 Å². The highest BCUT2D eigenvalue weighted by Gasteiger charge is 2.10. The number of aliphatic hydroxyl groups excluding tert-OH is 1. The zero-order chi connectivity index (χ0) is 15.0. The first-order valence-corrected chi connectivity index (χ1v) is 7.00. The van der Waals surface area contributed by atoms with Gasteiger partial charge in [0.15, 0.2) is 0 Å². The van der Waals surface area contributed by atoms with Gasteiger partial charge in [0.25, 0.3) is 0 Å². The van der Waals surface area contributed by atoms with Crippen molar-refractivity contribution in [1.29, 1.82) is 0 Å². The Bertz CT molecular complexity index is 798. The summed E-state index contributed by atoms with van der Waals surface area (Å²) in [7, 11) is 0. The molecule has 1 nitrogen and oxygen atoms in total. The first-order chi connectivity index (χ1) is 10.1. The molecule has 0 amide bonds. The second-order valence-corrected chi connectivity index (χ2v) is 5.43. The Kier molecular flexibility index (Phi) is 3.48. The van der Waals surface area contributed by atoms with Gasteiger partial charge in [-0.25, -0.2) is 4.39 Å². The van der Waals surface area contributed by atoms with Crippen LogP contribution < -0.4 is 0 Å². The Labute approximate surface area is 123 Å². The number of hydrogen-bond acceptors (Lipinski definition) is 1. The maximum Gasteiger partial charge on any atom is 0.123 e. The number of rotatable bonds is 2. The van der Waals surface area contributed by atoms with E-state index in [1.165, 1.54) is 0 Å². The molecule has 106 valence electrons. The van der Waals surface area contributed by atoms with Gasteiger partial charge in [0.1, 0.15) is 5.82 Å². The predicted octanol–water partition coefficient (Wildman–Crippen LogP) is 4.76. The average Bonchev–Trinajstić information content (AvgIpc) is 2.45. The maximum atomic E-state index is 13.5. The monoisotopic (exact) mass is 280 g/mol. The van der Waals surface area contributed by atoms with Crippen LogP contribution in [-0.2, 0) is 6.61 Å². The van der Waals surface area contributed by atoms with E-state index < -0.39 is 0 Å². The number of aliphatic hydroxyl groups is 1. The topological polar surface area (TPSA) is 20.2 Å². The lowest BCUT2D eigenvalue weighted by molar-refractivity contribution is 0.283. The van der Waals surface area contributed by atoms with E-state index in [4.69, 9.17) is 0 Å². The van der Waals surface area contributed by atoms with Crippen molar-refractivity contribution in [1.82, 2.24) is 0 Å². The molecule has 0 aliphatic rings. The van der Waals surface area contributed by atoms with Crippen LogP contribution in [0.3, 0.4) is 0 Å². The molecule has 2 heteroatoms.